The summed E-state index contributed by atoms with van der Waals surface area (Å²) in [4.78, 5) is 43.6. The molecule has 1 saturated heterocycles. The molecule has 2 aliphatic heterocycles. The lowest BCUT2D eigenvalue weighted by atomic mass is 9.80. The lowest BCUT2D eigenvalue weighted by Crippen LogP contribution is -2.51. The van der Waals surface area contributed by atoms with Gasteiger partial charge in [0.1, 0.15) is 12.1 Å². The molecule has 3 aliphatic rings. The van der Waals surface area contributed by atoms with Crippen molar-refractivity contribution in [3.8, 4) is 11.8 Å². The SMILES string of the molecule is CN(C(=O)c1cnn(-c2ccccc2C(F)(F)F)c1)[C@@H](CC1CC1)C(=O)N1C[C@]2(C[C@H]1C#N)C(=O)Nc1ccccc12. The molecular weight excluding hydrogens is 549 g/mol. The number of nitrogens with one attached hydrogen (secondary N) is 1. The largest absolute Gasteiger partial charge is 0.418 e. The number of alkyl halides is 3. The van der Waals surface area contributed by atoms with Crippen LogP contribution in [0.15, 0.2) is 60.9 Å². The molecule has 1 saturated carbocycles. The summed E-state index contributed by atoms with van der Waals surface area (Å²) in [5.74, 6) is -1.07. The van der Waals surface area contributed by atoms with Crippen LogP contribution in [-0.4, -0.2) is 63.0 Å². The number of likely N-dealkylation sites (N-methyl/N-ethyl adjacent to an activating group) is 1. The van der Waals surface area contributed by atoms with Crippen molar-refractivity contribution in [2.75, 3.05) is 18.9 Å². The van der Waals surface area contributed by atoms with E-state index in [1.807, 2.05) is 12.1 Å². The number of nitriles is 1. The normalized spacial score (nSPS) is 22.0. The van der Waals surface area contributed by atoms with Gasteiger partial charge in [0, 0.05) is 31.9 Å². The van der Waals surface area contributed by atoms with E-state index in [2.05, 4.69) is 16.5 Å². The number of likely N-dealkylation sites (tertiary alicyclic amines) is 1. The second kappa shape index (κ2) is 10.0. The third-order valence-corrected chi connectivity index (χ3v) is 8.53. The number of carbonyl (C=O) groups is 3. The average Bonchev–Trinajstić information content (AvgIpc) is 3.40. The van der Waals surface area contributed by atoms with E-state index in [4.69, 9.17) is 0 Å². The van der Waals surface area contributed by atoms with E-state index in [0.29, 0.717) is 12.1 Å². The maximum absolute atomic E-state index is 14.1. The molecule has 216 valence electrons. The average molecular weight is 577 g/mol. The van der Waals surface area contributed by atoms with E-state index in [1.165, 1.54) is 47.4 Å². The fraction of sp³-hybridized carbons (Fsp3) is 0.367. The molecule has 0 bridgehead atoms. The topological polar surface area (TPSA) is 111 Å². The molecule has 1 aromatic heterocycles. The molecule has 3 heterocycles. The first kappa shape index (κ1) is 27.5. The molecule has 0 unspecified atom stereocenters. The lowest BCUT2D eigenvalue weighted by molar-refractivity contribution is -0.138. The number of benzene rings is 2. The van der Waals surface area contributed by atoms with Gasteiger partial charge < -0.3 is 15.1 Å². The molecule has 1 N–H and O–H groups in total. The van der Waals surface area contributed by atoms with Gasteiger partial charge in [0.25, 0.3) is 5.91 Å². The zero-order valence-electron chi connectivity index (χ0n) is 22.6. The van der Waals surface area contributed by atoms with Gasteiger partial charge in [-0.3, -0.25) is 14.4 Å². The zero-order valence-corrected chi connectivity index (χ0v) is 22.6. The van der Waals surface area contributed by atoms with E-state index in [1.54, 1.807) is 12.1 Å². The van der Waals surface area contributed by atoms with Crippen LogP contribution in [0, 0.1) is 17.2 Å². The molecule has 6 rings (SSSR count). The van der Waals surface area contributed by atoms with E-state index in [9.17, 15) is 32.8 Å². The molecule has 1 aliphatic carbocycles. The van der Waals surface area contributed by atoms with Crippen molar-refractivity contribution in [1.82, 2.24) is 19.6 Å². The molecule has 2 fully saturated rings. The molecule has 42 heavy (non-hydrogen) atoms. The molecule has 3 amide bonds. The third kappa shape index (κ3) is 4.58. The predicted molar refractivity (Wildman–Crippen MR) is 144 cm³/mol. The maximum Gasteiger partial charge on any atom is 0.418 e. The Kier molecular flexibility index (Phi) is 6.55. The van der Waals surface area contributed by atoms with Crippen LogP contribution in [0.25, 0.3) is 5.69 Å². The highest BCUT2D eigenvalue weighted by atomic mass is 19.4. The summed E-state index contributed by atoms with van der Waals surface area (Å²) in [5, 5.41) is 16.9. The summed E-state index contributed by atoms with van der Waals surface area (Å²) in [6, 6.07) is 12.5. The van der Waals surface area contributed by atoms with Crippen LogP contribution in [0.1, 0.15) is 47.2 Å². The van der Waals surface area contributed by atoms with Crippen LogP contribution in [0.4, 0.5) is 18.9 Å². The van der Waals surface area contributed by atoms with Gasteiger partial charge in [-0.2, -0.15) is 23.5 Å². The highest BCUT2D eigenvalue weighted by Crippen LogP contribution is 2.47. The summed E-state index contributed by atoms with van der Waals surface area (Å²) < 4.78 is 41.7. The molecule has 9 nitrogen and oxygen atoms in total. The smallest absolute Gasteiger partial charge is 0.330 e. The number of para-hydroxylation sites is 2. The van der Waals surface area contributed by atoms with Crippen molar-refractivity contribution >= 4 is 23.4 Å². The van der Waals surface area contributed by atoms with Crippen molar-refractivity contribution < 1.29 is 27.6 Å². The number of amides is 3. The van der Waals surface area contributed by atoms with Gasteiger partial charge in [-0.05, 0) is 36.1 Å². The van der Waals surface area contributed by atoms with Gasteiger partial charge in [-0.15, -0.1) is 0 Å². The monoisotopic (exact) mass is 576 g/mol. The van der Waals surface area contributed by atoms with E-state index >= 15 is 0 Å². The molecule has 3 atom stereocenters. The fourth-order valence-corrected chi connectivity index (χ4v) is 6.09. The number of hydrogen-bond acceptors (Lipinski definition) is 5. The number of rotatable bonds is 6. The summed E-state index contributed by atoms with van der Waals surface area (Å²) in [6.07, 6.45) is 0.0805. The van der Waals surface area contributed by atoms with Crippen molar-refractivity contribution in [3.63, 3.8) is 0 Å². The minimum Gasteiger partial charge on any atom is -0.330 e. The number of fused-ring (bicyclic) bond motifs is 2. The van der Waals surface area contributed by atoms with Gasteiger partial charge in [-0.25, -0.2) is 4.68 Å². The van der Waals surface area contributed by atoms with Gasteiger partial charge in [0.2, 0.25) is 11.8 Å². The second-order valence-corrected chi connectivity index (χ2v) is 11.2. The Morgan fingerprint density at radius 3 is 2.62 bits per heavy atom. The van der Waals surface area contributed by atoms with Gasteiger partial charge >= 0.3 is 6.18 Å². The van der Waals surface area contributed by atoms with E-state index in [-0.39, 0.29) is 36.0 Å². The predicted octanol–water partition coefficient (Wildman–Crippen LogP) is 4.15. The Bertz CT molecular complexity index is 1620. The number of hydrogen-bond donors (Lipinski definition) is 1. The Hall–Kier alpha value is -4.66. The fourth-order valence-electron chi connectivity index (χ4n) is 6.09. The standard InChI is InChI=1S/C30H27F3N6O3/c1-37(26(40)19-15-35-39(16-19)24-9-5-3-7-22(24)30(31,32)33)25(12-18-10-11-18)27(41)38-17-29(13-20(38)14-34)21-6-2-4-8-23(21)36-28(29)42/h2-9,15-16,18,20,25H,10-13,17H2,1H3,(H,36,42)/t20-,25-,29-/m0/s1. The third-order valence-electron chi connectivity index (χ3n) is 8.53. The van der Waals surface area contributed by atoms with Crippen LogP contribution in [0.3, 0.4) is 0 Å². The molecule has 0 radical (unpaired) electrons. The van der Waals surface area contributed by atoms with Crippen LogP contribution in [-0.2, 0) is 21.2 Å². The summed E-state index contributed by atoms with van der Waals surface area (Å²) >= 11 is 0. The minimum atomic E-state index is -4.62. The number of halogens is 3. The van der Waals surface area contributed by atoms with Crippen LogP contribution in [0.2, 0.25) is 0 Å². The molecule has 12 heteroatoms. The Labute approximate surface area is 239 Å². The van der Waals surface area contributed by atoms with Crippen molar-refractivity contribution in [1.29, 1.82) is 5.26 Å². The number of nitrogens with zero attached hydrogens (tertiary/aromatic N) is 5. The van der Waals surface area contributed by atoms with Crippen molar-refractivity contribution in [2.45, 2.75) is 49.4 Å². The number of anilines is 1. The second-order valence-electron chi connectivity index (χ2n) is 11.2. The van der Waals surface area contributed by atoms with Gasteiger partial charge in [0.15, 0.2) is 0 Å². The van der Waals surface area contributed by atoms with E-state index in [0.717, 1.165) is 29.2 Å². The number of carbonyl (C=O) groups excluding carboxylic acids is 3. The van der Waals surface area contributed by atoms with Crippen molar-refractivity contribution in [3.05, 3.63) is 77.6 Å². The highest BCUT2D eigenvalue weighted by molar-refractivity contribution is 6.07. The van der Waals surface area contributed by atoms with Crippen molar-refractivity contribution in [2.24, 2.45) is 5.92 Å². The summed E-state index contributed by atoms with van der Waals surface area (Å²) in [7, 11) is 1.47. The Morgan fingerprint density at radius 2 is 1.90 bits per heavy atom. The maximum atomic E-state index is 14.1. The lowest BCUT2D eigenvalue weighted by Gasteiger charge is -2.32. The van der Waals surface area contributed by atoms with Crippen LogP contribution < -0.4 is 5.32 Å². The zero-order chi connectivity index (χ0) is 29.8. The molecule has 2 aromatic carbocycles. The van der Waals surface area contributed by atoms with Crippen LogP contribution in [0.5, 0.6) is 0 Å². The summed E-state index contributed by atoms with van der Waals surface area (Å²) in [6.45, 7) is 0.00224. The van der Waals surface area contributed by atoms with Crippen LogP contribution >= 0.6 is 0 Å². The minimum absolute atomic E-state index is 0.00224. The first-order valence-corrected chi connectivity index (χ1v) is 13.6. The quantitative estimate of drug-likeness (QED) is 0.474. The molecular formula is C30H27F3N6O3. The first-order chi connectivity index (χ1) is 20.0. The van der Waals surface area contributed by atoms with E-state index < -0.39 is 41.1 Å². The van der Waals surface area contributed by atoms with Gasteiger partial charge in [-0.1, -0.05) is 43.2 Å². The Balaban J connectivity index is 1.28. The number of aromatic nitrogens is 2. The molecule has 1 spiro atoms. The molecule has 3 aromatic rings. The first-order valence-electron chi connectivity index (χ1n) is 13.6. The Morgan fingerprint density at radius 1 is 1.19 bits per heavy atom. The summed E-state index contributed by atoms with van der Waals surface area (Å²) in [5.41, 5.74) is -0.787. The highest BCUT2D eigenvalue weighted by Gasteiger charge is 2.57. The van der Waals surface area contributed by atoms with Gasteiger partial charge in [0.05, 0.1) is 34.5 Å².